The molecule has 0 radical (unpaired) electrons. The van der Waals surface area contributed by atoms with Gasteiger partial charge in [0.15, 0.2) is 5.88 Å². The molecule has 3 aromatic carbocycles. The van der Waals surface area contributed by atoms with E-state index in [1.54, 1.807) is 24.1 Å². The van der Waals surface area contributed by atoms with E-state index in [9.17, 15) is 18.3 Å². The van der Waals surface area contributed by atoms with E-state index in [0.29, 0.717) is 28.5 Å². The van der Waals surface area contributed by atoms with E-state index in [1.165, 1.54) is 6.92 Å². The number of H-pyrrole nitrogens is 1. The van der Waals surface area contributed by atoms with Gasteiger partial charge in [-0.3, -0.25) is 14.2 Å². The maximum absolute atomic E-state index is 12.9. The minimum absolute atomic E-state index is 0.0331. The summed E-state index contributed by atoms with van der Waals surface area (Å²) in [5.74, 6) is -0.105. The predicted molar refractivity (Wildman–Crippen MR) is 173 cm³/mol. The summed E-state index contributed by atoms with van der Waals surface area (Å²) in [5.41, 5.74) is 4.38. The van der Waals surface area contributed by atoms with E-state index in [-0.39, 0.29) is 17.5 Å². The van der Waals surface area contributed by atoms with Crippen LogP contribution in [-0.2, 0) is 14.9 Å². The summed E-state index contributed by atoms with van der Waals surface area (Å²) in [5, 5.41) is 12.2. The average Bonchev–Trinajstić information content (AvgIpc) is 3.31. The lowest BCUT2D eigenvalue weighted by molar-refractivity contribution is -0.119. The van der Waals surface area contributed by atoms with E-state index in [2.05, 4.69) is 21.8 Å². The molecule has 1 saturated heterocycles. The van der Waals surface area contributed by atoms with Gasteiger partial charge < -0.3 is 19.9 Å². The summed E-state index contributed by atoms with van der Waals surface area (Å²) in [6, 6.07) is 22.8. The minimum atomic E-state index is -3.66. The number of amides is 1. The van der Waals surface area contributed by atoms with E-state index in [0.717, 1.165) is 48.3 Å². The van der Waals surface area contributed by atoms with Gasteiger partial charge in [-0.15, -0.1) is 0 Å². The largest absolute Gasteiger partial charge is 0.494 e. The molecule has 0 saturated carbocycles. The van der Waals surface area contributed by atoms with Crippen molar-refractivity contribution >= 4 is 55.6 Å². The summed E-state index contributed by atoms with van der Waals surface area (Å²) >= 11 is 6.17. The first-order valence-electron chi connectivity index (χ1n) is 13.8. The number of nitrogens with zero attached hydrogens (tertiary/aromatic N) is 4. The highest BCUT2D eigenvalue weighted by molar-refractivity contribution is 7.85. The molecule has 228 valence electrons. The van der Waals surface area contributed by atoms with Gasteiger partial charge in [0.05, 0.1) is 34.8 Å². The lowest BCUT2D eigenvalue weighted by atomic mass is 10.0. The molecule has 10 nitrogen and oxygen atoms in total. The van der Waals surface area contributed by atoms with Gasteiger partial charge in [-0.25, -0.2) is 4.99 Å². The average molecular weight is 626 g/mol. The van der Waals surface area contributed by atoms with E-state index >= 15 is 0 Å². The summed E-state index contributed by atoms with van der Waals surface area (Å²) in [7, 11) is 0.250. The highest BCUT2D eigenvalue weighted by atomic mass is 35.5. The third-order valence-corrected chi connectivity index (χ3v) is 8.16. The van der Waals surface area contributed by atoms with Crippen LogP contribution >= 0.6 is 11.6 Å². The Bertz CT molecular complexity index is 1680. The van der Waals surface area contributed by atoms with Crippen molar-refractivity contribution in [3.63, 3.8) is 0 Å². The fourth-order valence-corrected chi connectivity index (χ4v) is 4.76. The number of anilines is 1. The second-order valence-corrected chi connectivity index (χ2v) is 12.5. The van der Waals surface area contributed by atoms with Crippen LogP contribution in [0.4, 0.5) is 11.4 Å². The number of halogens is 1. The number of nitrogens with one attached hydrogen (secondary N) is 1. The van der Waals surface area contributed by atoms with Gasteiger partial charge in [0.2, 0.25) is 5.91 Å². The first-order chi connectivity index (χ1) is 20.4. The summed E-state index contributed by atoms with van der Waals surface area (Å²) in [6.45, 7) is 5.54. The van der Waals surface area contributed by atoms with Crippen LogP contribution < -0.4 is 4.90 Å². The zero-order valence-electron chi connectivity index (χ0n) is 24.4. The zero-order chi connectivity index (χ0) is 31.1. The normalized spacial score (nSPS) is 14.8. The molecule has 0 bridgehead atoms. The van der Waals surface area contributed by atoms with Crippen molar-refractivity contribution in [3.05, 3.63) is 88.9 Å². The number of likely N-dealkylation sites (N-methyl/N-ethyl adjacent to an activating group) is 2. The van der Waals surface area contributed by atoms with Crippen LogP contribution in [0.1, 0.15) is 18.1 Å². The molecule has 1 aliphatic heterocycles. The number of aromatic hydroxyl groups is 1. The molecular formula is C31H36ClN5O5S. The smallest absolute Gasteiger partial charge is 0.264 e. The van der Waals surface area contributed by atoms with Gasteiger partial charge in [-0.2, -0.15) is 8.42 Å². The monoisotopic (exact) mass is 625 g/mol. The molecule has 1 aliphatic rings. The highest BCUT2D eigenvalue weighted by Crippen LogP contribution is 2.33. The topological polar surface area (TPSA) is 130 Å². The second-order valence-electron chi connectivity index (χ2n) is 10.3. The Morgan fingerprint density at radius 3 is 2.26 bits per heavy atom. The lowest BCUT2D eigenvalue weighted by Crippen LogP contribution is -2.48. The van der Waals surface area contributed by atoms with Gasteiger partial charge in [0, 0.05) is 54.9 Å². The van der Waals surface area contributed by atoms with Crippen molar-refractivity contribution in [2.24, 2.45) is 4.99 Å². The van der Waals surface area contributed by atoms with Crippen LogP contribution in [0.25, 0.3) is 10.9 Å². The van der Waals surface area contributed by atoms with Crippen molar-refractivity contribution in [2.45, 2.75) is 6.92 Å². The molecule has 0 atom stereocenters. The first-order valence-corrected chi connectivity index (χ1v) is 15.8. The maximum atomic E-state index is 12.9. The van der Waals surface area contributed by atoms with Crippen molar-refractivity contribution in [3.8, 4) is 5.88 Å². The number of benzene rings is 3. The van der Waals surface area contributed by atoms with E-state index < -0.39 is 10.1 Å². The fraction of sp³-hybridized carbons (Fsp3) is 0.290. The van der Waals surface area contributed by atoms with Crippen LogP contribution in [0.15, 0.2) is 77.8 Å². The van der Waals surface area contributed by atoms with Crippen LogP contribution in [0, 0.1) is 0 Å². The molecule has 0 unspecified atom stereocenters. The number of aliphatic imine (C=N–C) groups is 1. The number of aromatic nitrogens is 1. The van der Waals surface area contributed by atoms with Crippen LogP contribution in [-0.4, -0.2) is 97.1 Å². The van der Waals surface area contributed by atoms with Crippen molar-refractivity contribution in [1.29, 1.82) is 0 Å². The maximum Gasteiger partial charge on any atom is 0.264 e. The number of hydrogen-bond donors (Lipinski definition) is 3. The number of hydrogen-bond acceptors (Lipinski definition) is 7. The molecular weight excluding hydrogens is 590 g/mol. The van der Waals surface area contributed by atoms with Crippen molar-refractivity contribution in [1.82, 2.24) is 14.8 Å². The standard InChI is InChI=1S/C29H30ClN5O2.C2H6O3S/c1-33-14-16-35(17-15-33)19-26(36)34(2)23-11-9-22(10-12-23)31-28(20-6-4-3-5-7-20)27-24-13-8-21(30)18-25(24)32-29(27)37;1-2-6(3,4)5/h3-13,18,32,37H,14-17,19H2,1-2H3;2H2,1H3,(H,3,4,5). The Morgan fingerprint density at radius 1 is 1.02 bits per heavy atom. The SMILES string of the molecule is CCS(=O)(=O)O.CN1CCN(CC(=O)N(C)c2ccc(N=C(c3ccccc3)c3c(O)[nH]c4cc(Cl)ccc34)cc2)CC1. The van der Waals surface area contributed by atoms with Crippen LogP contribution in [0.3, 0.4) is 0 Å². The van der Waals surface area contributed by atoms with E-state index in [4.69, 9.17) is 21.1 Å². The second kappa shape index (κ2) is 14.2. The molecule has 12 heteroatoms. The molecule has 1 aromatic heterocycles. The Balaban J connectivity index is 0.000000641. The van der Waals surface area contributed by atoms with Crippen molar-refractivity contribution < 1.29 is 22.9 Å². The summed E-state index contributed by atoms with van der Waals surface area (Å²) in [6.07, 6.45) is 0. The summed E-state index contributed by atoms with van der Waals surface area (Å²) < 4.78 is 26.9. The molecule has 3 N–H and O–H groups in total. The number of carbonyl (C=O) groups is 1. The van der Waals surface area contributed by atoms with Gasteiger partial charge in [-0.1, -0.05) is 48.0 Å². The molecule has 2 heterocycles. The molecule has 0 aliphatic carbocycles. The Hall–Kier alpha value is -3.74. The van der Waals surface area contributed by atoms with Gasteiger partial charge in [0.25, 0.3) is 10.1 Å². The Kier molecular flexibility index (Phi) is 10.6. The lowest BCUT2D eigenvalue weighted by Gasteiger charge is -2.32. The third kappa shape index (κ3) is 8.65. The quantitative estimate of drug-likeness (QED) is 0.199. The number of aromatic amines is 1. The summed E-state index contributed by atoms with van der Waals surface area (Å²) in [4.78, 5) is 27.0. The molecule has 1 amide bonds. The molecule has 43 heavy (non-hydrogen) atoms. The number of piperazine rings is 1. The molecule has 0 spiro atoms. The predicted octanol–water partition coefficient (Wildman–Crippen LogP) is 4.80. The first kappa shape index (κ1) is 32.2. The number of rotatable bonds is 7. The van der Waals surface area contributed by atoms with Gasteiger partial charge >= 0.3 is 0 Å². The van der Waals surface area contributed by atoms with Crippen LogP contribution in [0.5, 0.6) is 5.88 Å². The molecule has 1 fully saturated rings. The fourth-order valence-electron chi connectivity index (χ4n) is 4.58. The highest BCUT2D eigenvalue weighted by Gasteiger charge is 2.21. The van der Waals surface area contributed by atoms with Crippen molar-refractivity contribution in [2.75, 3.05) is 57.5 Å². The van der Waals surface area contributed by atoms with Crippen LogP contribution in [0.2, 0.25) is 5.02 Å². The molecule has 4 aromatic rings. The Labute approximate surface area is 257 Å². The van der Waals surface area contributed by atoms with E-state index in [1.807, 2.05) is 60.7 Å². The Morgan fingerprint density at radius 2 is 1.65 bits per heavy atom. The minimum Gasteiger partial charge on any atom is -0.494 e. The zero-order valence-corrected chi connectivity index (χ0v) is 25.9. The number of fused-ring (bicyclic) bond motifs is 1. The van der Waals surface area contributed by atoms with Gasteiger partial charge in [0.1, 0.15) is 0 Å². The van der Waals surface area contributed by atoms with Gasteiger partial charge in [-0.05, 0) is 50.4 Å². The molecule has 5 rings (SSSR count). The number of carbonyl (C=O) groups excluding carboxylic acids is 1. The third-order valence-electron chi connectivity index (χ3n) is 7.20.